The molecular weight excluding hydrogens is 340 g/mol. The molecule has 1 aliphatic rings. The lowest BCUT2D eigenvalue weighted by Crippen LogP contribution is -2.39. The molecule has 5 heteroatoms. The molecule has 0 aliphatic carbocycles. The van der Waals surface area contributed by atoms with Crippen LogP contribution in [0.25, 0.3) is 10.8 Å². The molecule has 0 aromatic heterocycles. The van der Waals surface area contributed by atoms with Gasteiger partial charge in [0.1, 0.15) is 0 Å². The molecule has 3 aromatic carbocycles. The molecule has 0 fully saturated rings. The Hall–Kier alpha value is -3.05. The molecule has 0 saturated carbocycles. The lowest BCUT2D eigenvalue weighted by atomic mass is 9.99. The smallest absolute Gasteiger partial charge is 0.241 e. The Morgan fingerprint density at radius 2 is 1.74 bits per heavy atom. The Morgan fingerprint density at radius 1 is 0.963 bits per heavy atom. The highest BCUT2D eigenvalue weighted by atomic mass is 16.7. The topological polar surface area (TPSA) is 59.6 Å². The van der Waals surface area contributed by atoms with Gasteiger partial charge in [-0.15, -0.1) is 0 Å². The first-order valence-electron chi connectivity index (χ1n) is 9.06. The summed E-state index contributed by atoms with van der Waals surface area (Å²) in [6.45, 7) is 4.16. The maximum absolute atomic E-state index is 12.6. The van der Waals surface area contributed by atoms with Gasteiger partial charge in [0.05, 0.1) is 6.04 Å². The second-order valence-electron chi connectivity index (χ2n) is 6.74. The SMILES string of the molecule is C[C@H](N[C@@H](C)c1cccc2ccccc12)C(=O)Nc1ccc2c(c1)OCO2. The quantitative estimate of drug-likeness (QED) is 0.712. The summed E-state index contributed by atoms with van der Waals surface area (Å²) in [5, 5.41) is 8.71. The van der Waals surface area contributed by atoms with Crippen molar-refractivity contribution in [3.63, 3.8) is 0 Å². The van der Waals surface area contributed by atoms with Crippen molar-refractivity contribution < 1.29 is 14.3 Å². The standard InChI is InChI=1S/C22H22N2O3/c1-14(18-9-5-7-16-6-3-4-8-19(16)18)23-15(2)22(25)24-17-10-11-20-21(12-17)27-13-26-20/h3-12,14-15,23H,13H2,1-2H3,(H,24,25)/t14-,15-/m0/s1. The molecule has 0 bridgehead atoms. The number of hydrogen-bond donors (Lipinski definition) is 2. The van der Waals surface area contributed by atoms with Crippen molar-refractivity contribution in [3.8, 4) is 11.5 Å². The molecule has 2 atom stereocenters. The lowest BCUT2D eigenvalue weighted by Gasteiger charge is -2.21. The van der Waals surface area contributed by atoms with Crippen LogP contribution in [0.5, 0.6) is 11.5 Å². The van der Waals surface area contributed by atoms with E-state index in [0.717, 1.165) is 0 Å². The van der Waals surface area contributed by atoms with Crippen LogP contribution < -0.4 is 20.1 Å². The minimum atomic E-state index is -0.357. The van der Waals surface area contributed by atoms with Crippen molar-refractivity contribution >= 4 is 22.4 Å². The number of fused-ring (bicyclic) bond motifs is 2. The average molecular weight is 362 g/mol. The van der Waals surface area contributed by atoms with Gasteiger partial charge in [-0.25, -0.2) is 0 Å². The van der Waals surface area contributed by atoms with Gasteiger partial charge in [0.2, 0.25) is 12.7 Å². The van der Waals surface area contributed by atoms with E-state index >= 15 is 0 Å². The lowest BCUT2D eigenvalue weighted by molar-refractivity contribution is -0.117. The molecule has 2 N–H and O–H groups in total. The molecule has 0 radical (unpaired) electrons. The second kappa shape index (κ2) is 7.29. The fourth-order valence-corrected chi connectivity index (χ4v) is 3.39. The summed E-state index contributed by atoms with van der Waals surface area (Å²) in [7, 11) is 0. The summed E-state index contributed by atoms with van der Waals surface area (Å²) >= 11 is 0. The normalized spacial score (nSPS) is 14.7. The van der Waals surface area contributed by atoms with Crippen LogP contribution in [0.1, 0.15) is 25.5 Å². The van der Waals surface area contributed by atoms with Crippen LogP contribution >= 0.6 is 0 Å². The van der Waals surface area contributed by atoms with Crippen molar-refractivity contribution in [2.24, 2.45) is 0 Å². The summed E-state index contributed by atoms with van der Waals surface area (Å²) in [5.41, 5.74) is 1.87. The zero-order valence-electron chi connectivity index (χ0n) is 15.4. The van der Waals surface area contributed by atoms with Crippen molar-refractivity contribution in [2.45, 2.75) is 25.9 Å². The highest BCUT2D eigenvalue weighted by Crippen LogP contribution is 2.34. The third kappa shape index (κ3) is 3.59. The Bertz CT molecular complexity index is 981. The largest absolute Gasteiger partial charge is 0.454 e. The fourth-order valence-electron chi connectivity index (χ4n) is 3.39. The molecule has 0 unspecified atom stereocenters. The molecule has 3 aromatic rings. The van der Waals surface area contributed by atoms with E-state index in [4.69, 9.17) is 9.47 Å². The Labute approximate surface area is 158 Å². The van der Waals surface area contributed by atoms with Crippen LogP contribution in [0, 0.1) is 0 Å². The highest BCUT2D eigenvalue weighted by molar-refractivity contribution is 5.95. The predicted molar refractivity (Wildman–Crippen MR) is 106 cm³/mol. The third-order valence-electron chi connectivity index (χ3n) is 4.82. The summed E-state index contributed by atoms with van der Waals surface area (Å²) in [6.07, 6.45) is 0. The van der Waals surface area contributed by atoms with Crippen LogP contribution in [0.2, 0.25) is 0 Å². The maximum atomic E-state index is 12.6. The number of carbonyl (C=O) groups is 1. The fraction of sp³-hybridized carbons (Fsp3) is 0.227. The zero-order valence-corrected chi connectivity index (χ0v) is 15.4. The first kappa shape index (κ1) is 17.4. The van der Waals surface area contributed by atoms with Crippen molar-refractivity contribution in [1.82, 2.24) is 5.32 Å². The number of amides is 1. The van der Waals surface area contributed by atoms with E-state index in [1.165, 1.54) is 16.3 Å². The van der Waals surface area contributed by atoms with Crippen LogP contribution in [0.4, 0.5) is 5.69 Å². The number of ether oxygens (including phenoxy) is 2. The molecule has 0 saturated heterocycles. The third-order valence-corrected chi connectivity index (χ3v) is 4.82. The molecule has 0 spiro atoms. The van der Waals surface area contributed by atoms with Gasteiger partial charge in [0.25, 0.3) is 0 Å². The monoisotopic (exact) mass is 362 g/mol. The van der Waals surface area contributed by atoms with E-state index in [1.807, 2.05) is 31.2 Å². The first-order chi connectivity index (χ1) is 13.1. The molecule has 4 rings (SSSR count). The van der Waals surface area contributed by atoms with Crippen LogP contribution in [-0.2, 0) is 4.79 Å². The summed E-state index contributed by atoms with van der Waals surface area (Å²) < 4.78 is 10.7. The van der Waals surface area contributed by atoms with Crippen LogP contribution in [0.15, 0.2) is 60.7 Å². The zero-order chi connectivity index (χ0) is 18.8. The van der Waals surface area contributed by atoms with Gasteiger partial charge < -0.3 is 14.8 Å². The minimum absolute atomic E-state index is 0.0357. The van der Waals surface area contributed by atoms with E-state index in [0.29, 0.717) is 17.2 Å². The Morgan fingerprint density at radius 3 is 2.63 bits per heavy atom. The number of anilines is 1. The van der Waals surface area contributed by atoms with Crippen molar-refractivity contribution in [1.29, 1.82) is 0 Å². The molecular formula is C22H22N2O3. The summed E-state index contributed by atoms with van der Waals surface area (Å²) in [5.74, 6) is 1.25. The molecule has 138 valence electrons. The first-order valence-corrected chi connectivity index (χ1v) is 9.06. The average Bonchev–Trinajstić information content (AvgIpc) is 3.15. The maximum Gasteiger partial charge on any atom is 0.241 e. The Kier molecular flexibility index (Phi) is 4.69. The number of rotatable bonds is 5. The number of benzene rings is 3. The molecule has 1 heterocycles. The molecule has 27 heavy (non-hydrogen) atoms. The van der Waals surface area contributed by atoms with Gasteiger partial charge in [-0.05, 0) is 42.3 Å². The molecule has 1 amide bonds. The van der Waals surface area contributed by atoms with E-state index < -0.39 is 0 Å². The van der Waals surface area contributed by atoms with Gasteiger partial charge in [0.15, 0.2) is 11.5 Å². The number of hydrogen-bond acceptors (Lipinski definition) is 4. The molecule has 1 aliphatic heterocycles. The van der Waals surface area contributed by atoms with Gasteiger partial charge >= 0.3 is 0 Å². The Balaban J connectivity index is 1.44. The number of nitrogens with one attached hydrogen (secondary N) is 2. The van der Waals surface area contributed by atoms with E-state index in [2.05, 4.69) is 41.8 Å². The van der Waals surface area contributed by atoms with E-state index in [1.54, 1.807) is 12.1 Å². The summed E-state index contributed by atoms with van der Waals surface area (Å²) in [6, 6.07) is 19.6. The van der Waals surface area contributed by atoms with Gasteiger partial charge in [-0.1, -0.05) is 42.5 Å². The van der Waals surface area contributed by atoms with Crippen LogP contribution in [-0.4, -0.2) is 18.7 Å². The van der Waals surface area contributed by atoms with Gasteiger partial charge in [0, 0.05) is 17.8 Å². The van der Waals surface area contributed by atoms with Gasteiger partial charge in [-0.2, -0.15) is 0 Å². The van der Waals surface area contributed by atoms with E-state index in [-0.39, 0.29) is 24.8 Å². The predicted octanol–water partition coefficient (Wildman–Crippen LogP) is 4.25. The highest BCUT2D eigenvalue weighted by Gasteiger charge is 2.19. The van der Waals surface area contributed by atoms with Crippen molar-refractivity contribution in [3.05, 3.63) is 66.2 Å². The van der Waals surface area contributed by atoms with Gasteiger partial charge in [-0.3, -0.25) is 10.1 Å². The second-order valence-corrected chi connectivity index (χ2v) is 6.74. The van der Waals surface area contributed by atoms with Crippen LogP contribution in [0.3, 0.4) is 0 Å². The number of carbonyl (C=O) groups excluding carboxylic acids is 1. The van der Waals surface area contributed by atoms with Crippen molar-refractivity contribution in [2.75, 3.05) is 12.1 Å². The molecule has 5 nitrogen and oxygen atoms in total. The van der Waals surface area contributed by atoms with E-state index in [9.17, 15) is 4.79 Å². The minimum Gasteiger partial charge on any atom is -0.454 e. The summed E-state index contributed by atoms with van der Waals surface area (Å²) in [4.78, 5) is 12.6.